The summed E-state index contributed by atoms with van der Waals surface area (Å²) in [7, 11) is 0. The van der Waals surface area contributed by atoms with Crippen LogP contribution in [-0.2, 0) is 0 Å². The van der Waals surface area contributed by atoms with Crippen molar-refractivity contribution in [1.82, 2.24) is 9.78 Å². The van der Waals surface area contributed by atoms with Gasteiger partial charge in [0, 0.05) is 5.39 Å². The zero-order chi connectivity index (χ0) is 11.0. The van der Waals surface area contributed by atoms with Crippen molar-refractivity contribution in [3.63, 3.8) is 0 Å². The molecule has 16 heavy (non-hydrogen) atoms. The van der Waals surface area contributed by atoms with E-state index in [1.54, 1.807) is 23.0 Å². The quantitative estimate of drug-likeness (QED) is 0.605. The molecule has 3 rings (SSSR count). The molecule has 1 radical (unpaired) electrons. The molecule has 1 heterocycles. The molecule has 0 saturated carbocycles. The van der Waals surface area contributed by atoms with Crippen LogP contribution in [0, 0.1) is 11.9 Å². The van der Waals surface area contributed by atoms with E-state index < -0.39 is 0 Å². The Labute approximate surface area is 91.9 Å². The first-order chi connectivity index (χ1) is 7.84. The molecule has 0 saturated heterocycles. The van der Waals surface area contributed by atoms with Crippen LogP contribution >= 0.6 is 0 Å². The zero-order valence-corrected chi connectivity index (χ0v) is 8.39. The molecule has 0 N–H and O–H groups in total. The van der Waals surface area contributed by atoms with Crippen molar-refractivity contribution in [2.75, 3.05) is 0 Å². The van der Waals surface area contributed by atoms with Gasteiger partial charge >= 0.3 is 0 Å². The minimum absolute atomic E-state index is 0.242. The van der Waals surface area contributed by atoms with Crippen LogP contribution in [0.25, 0.3) is 16.6 Å². The second kappa shape index (κ2) is 3.45. The van der Waals surface area contributed by atoms with E-state index in [9.17, 15) is 4.39 Å². The van der Waals surface area contributed by atoms with Crippen LogP contribution in [0.1, 0.15) is 0 Å². The number of rotatable bonds is 1. The average molecular weight is 211 g/mol. The number of nitrogens with zero attached hydrogens (tertiary/aromatic N) is 2. The van der Waals surface area contributed by atoms with E-state index in [2.05, 4.69) is 11.2 Å². The summed E-state index contributed by atoms with van der Waals surface area (Å²) in [6, 6.07) is 14.9. The fourth-order valence-corrected chi connectivity index (χ4v) is 1.70. The minimum atomic E-state index is -0.242. The molecule has 0 unspecified atom stereocenters. The van der Waals surface area contributed by atoms with E-state index in [0.29, 0.717) is 0 Å². The van der Waals surface area contributed by atoms with Crippen molar-refractivity contribution < 1.29 is 4.39 Å². The Kier molecular flexibility index (Phi) is 1.96. The summed E-state index contributed by atoms with van der Waals surface area (Å²) in [6.45, 7) is 0. The maximum Gasteiger partial charge on any atom is 0.123 e. The molecule has 0 bridgehead atoms. The van der Waals surface area contributed by atoms with Gasteiger partial charge in [0.15, 0.2) is 0 Å². The smallest absolute Gasteiger partial charge is 0.123 e. The first kappa shape index (κ1) is 9.09. The van der Waals surface area contributed by atoms with Gasteiger partial charge in [-0.3, -0.25) is 0 Å². The number of hydrogen-bond donors (Lipinski definition) is 0. The largest absolute Gasteiger partial charge is 0.233 e. The van der Waals surface area contributed by atoms with Gasteiger partial charge in [-0.05, 0) is 42.5 Å². The SMILES string of the molecule is Fc1ccc(-n2ncc3c[c]ccc32)cc1. The van der Waals surface area contributed by atoms with Gasteiger partial charge in [-0.1, -0.05) is 6.07 Å². The summed E-state index contributed by atoms with van der Waals surface area (Å²) >= 11 is 0. The summed E-state index contributed by atoms with van der Waals surface area (Å²) < 4.78 is 14.6. The molecule has 0 atom stereocenters. The van der Waals surface area contributed by atoms with Crippen molar-refractivity contribution in [2.45, 2.75) is 0 Å². The van der Waals surface area contributed by atoms with Gasteiger partial charge in [-0.25, -0.2) is 9.07 Å². The first-order valence-electron chi connectivity index (χ1n) is 4.94. The molecule has 3 aromatic rings. The Morgan fingerprint density at radius 2 is 1.94 bits per heavy atom. The first-order valence-corrected chi connectivity index (χ1v) is 4.94. The lowest BCUT2D eigenvalue weighted by molar-refractivity contribution is 0.627. The Morgan fingerprint density at radius 3 is 2.75 bits per heavy atom. The zero-order valence-electron chi connectivity index (χ0n) is 8.39. The van der Waals surface area contributed by atoms with Crippen LogP contribution in [-0.4, -0.2) is 9.78 Å². The molecule has 0 amide bonds. The van der Waals surface area contributed by atoms with Crippen molar-refractivity contribution in [2.24, 2.45) is 0 Å². The molecule has 1 aromatic heterocycles. The Balaban J connectivity index is 2.22. The van der Waals surface area contributed by atoms with Crippen LogP contribution in [0.5, 0.6) is 0 Å². The van der Waals surface area contributed by atoms with Gasteiger partial charge in [0.2, 0.25) is 0 Å². The van der Waals surface area contributed by atoms with Gasteiger partial charge in [0.1, 0.15) is 5.82 Å². The second-order valence-corrected chi connectivity index (χ2v) is 3.52. The normalized spacial score (nSPS) is 10.8. The number of benzene rings is 2. The standard InChI is InChI=1S/C13H8FN2/c14-11-5-7-12(8-6-11)16-13-4-2-1-3-10(13)9-15-16/h2-9H. The Bertz CT molecular complexity index is 626. The topological polar surface area (TPSA) is 17.8 Å². The lowest BCUT2D eigenvalue weighted by atomic mass is 10.2. The molecule has 3 heteroatoms. The molecule has 0 aliphatic carbocycles. The monoisotopic (exact) mass is 211 g/mol. The molecular weight excluding hydrogens is 203 g/mol. The fourth-order valence-electron chi connectivity index (χ4n) is 1.70. The summed E-state index contributed by atoms with van der Waals surface area (Å²) in [5.41, 5.74) is 1.84. The molecular formula is C13H8FN2. The third-order valence-electron chi connectivity index (χ3n) is 2.48. The molecule has 0 aliphatic rings. The highest BCUT2D eigenvalue weighted by Crippen LogP contribution is 2.17. The molecule has 2 nitrogen and oxygen atoms in total. The third kappa shape index (κ3) is 1.37. The average Bonchev–Trinajstić information content (AvgIpc) is 2.74. The van der Waals surface area contributed by atoms with Gasteiger partial charge in [-0.2, -0.15) is 5.10 Å². The lowest BCUT2D eigenvalue weighted by Gasteiger charge is -2.02. The van der Waals surface area contributed by atoms with Crippen molar-refractivity contribution in [1.29, 1.82) is 0 Å². The summed E-state index contributed by atoms with van der Waals surface area (Å²) in [6.07, 6.45) is 1.77. The van der Waals surface area contributed by atoms with E-state index >= 15 is 0 Å². The van der Waals surface area contributed by atoms with E-state index in [4.69, 9.17) is 0 Å². The van der Waals surface area contributed by atoms with E-state index in [1.165, 1.54) is 12.1 Å². The minimum Gasteiger partial charge on any atom is -0.233 e. The van der Waals surface area contributed by atoms with Crippen LogP contribution in [0.3, 0.4) is 0 Å². The number of fused-ring (bicyclic) bond motifs is 1. The van der Waals surface area contributed by atoms with Gasteiger partial charge in [0.25, 0.3) is 0 Å². The van der Waals surface area contributed by atoms with Gasteiger partial charge in [0.05, 0.1) is 17.4 Å². The predicted molar refractivity (Wildman–Crippen MR) is 59.9 cm³/mol. The van der Waals surface area contributed by atoms with Crippen LogP contribution in [0.15, 0.2) is 48.7 Å². The van der Waals surface area contributed by atoms with Crippen molar-refractivity contribution in [3.05, 3.63) is 60.5 Å². The molecule has 77 valence electrons. The Morgan fingerprint density at radius 1 is 1.12 bits per heavy atom. The maximum absolute atomic E-state index is 12.8. The maximum atomic E-state index is 12.8. The van der Waals surface area contributed by atoms with Crippen LogP contribution < -0.4 is 0 Å². The summed E-state index contributed by atoms with van der Waals surface area (Å²) in [5.74, 6) is -0.242. The Hall–Kier alpha value is -2.16. The molecule has 2 aromatic carbocycles. The number of hydrogen-bond acceptors (Lipinski definition) is 1. The second-order valence-electron chi connectivity index (χ2n) is 3.52. The highest BCUT2D eigenvalue weighted by atomic mass is 19.1. The molecule has 0 fully saturated rings. The van der Waals surface area contributed by atoms with Crippen molar-refractivity contribution in [3.8, 4) is 5.69 Å². The fraction of sp³-hybridized carbons (Fsp3) is 0. The summed E-state index contributed by atoms with van der Waals surface area (Å²) in [5, 5.41) is 5.29. The van der Waals surface area contributed by atoms with Gasteiger partial charge < -0.3 is 0 Å². The van der Waals surface area contributed by atoms with Crippen molar-refractivity contribution >= 4 is 10.9 Å². The molecule has 0 spiro atoms. The van der Waals surface area contributed by atoms with Crippen LogP contribution in [0.4, 0.5) is 4.39 Å². The number of aromatic nitrogens is 2. The summed E-state index contributed by atoms with van der Waals surface area (Å²) in [4.78, 5) is 0. The highest BCUT2D eigenvalue weighted by Gasteiger charge is 2.03. The van der Waals surface area contributed by atoms with E-state index in [0.717, 1.165) is 16.6 Å². The van der Waals surface area contributed by atoms with E-state index in [-0.39, 0.29) is 5.82 Å². The predicted octanol–water partition coefficient (Wildman–Crippen LogP) is 2.96. The van der Waals surface area contributed by atoms with Gasteiger partial charge in [-0.15, -0.1) is 0 Å². The van der Waals surface area contributed by atoms with Crippen LogP contribution in [0.2, 0.25) is 0 Å². The van der Waals surface area contributed by atoms with E-state index in [1.807, 2.05) is 18.2 Å². The lowest BCUT2D eigenvalue weighted by Crippen LogP contribution is -1.95. The highest BCUT2D eigenvalue weighted by molar-refractivity contribution is 5.79. The third-order valence-corrected chi connectivity index (χ3v) is 2.48. The number of halogens is 1. The molecule has 0 aliphatic heterocycles.